The van der Waals surface area contributed by atoms with Crippen LogP contribution in [0.4, 0.5) is 10.2 Å². The van der Waals surface area contributed by atoms with Gasteiger partial charge in [0.15, 0.2) is 0 Å². The average Bonchev–Trinajstić information content (AvgIpc) is 2.05. The standard InChI is InChI=1S/C7H10FN3O/c1-12-5-4-9-6-2-3-10-7(8)11-6/h2-3H,4-5H2,1H3,(H,9,10,11). The van der Waals surface area contributed by atoms with Crippen molar-refractivity contribution in [2.75, 3.05) is 25.6 Å². The van der Waals surface area contributed by atoms with Gasteiger partial charge in [0.2, 0.25) is 0 Å². The lowest BCUT2D eigenvalue weighted by Gasteiger charge is -2.02. The lowest BCUT2D eigenvalue weighted by atomic mass is 10.5. The third-order valence-corrected chi connectivity index (χ3v) is 1.24. The number of hydrogen-bond acceptors (Lipinski definition) is 4. The number of halogens is 1. The monoisotopic (exact) mass is 171 g/mol. The van der Waals surface area contributed by atoms with Crippen molar-refractivity contribution < 1.29 is 9.13 Å². The Morgan fingerprint density at radius 1 is 1.67 bits per heavy atom. The Bertz CT molecular complexity index is 244. The Hall–Kier alpha value is -1.23. The summed E-state index contributed by atoms with van der Waals surface area (Å²) in [5.74, 6) is 0.472. The van der Waals surface area contributed by atoms with Crippen LogP contribution in [0.25, 0.3) is 0 Å². The Morgan fingerprint density at radius 2 is 2.50 bits per heavy atom. The summed E-state index contributed by atoms with van der Waals surface area (Å²) in [6, 6.07) is 1.60. The average molecular weight is 171 g/mol. The molecule has 1 N–H and O–H groups in total. The van der Waals surface area contributed by atoms with Crippen LogP contribution in [-0.2, 0) is 4.74 Å². The first-order valence-corrected chi connectivity index (χ1v) is 3.54. The molecular weight excluding hydrogens is 161 g/mol. The van der Waals surface area contributed by atoms with E-state index in [9.17, 15) is 4.39 Å². The van der Waals surface area contributed by atoms with Crippen molar-refractivity contribution in [1.29, 1.82) is 0 Å². The van der Waals surface area contributed by atoms with Gasteiger partial charge in [-0.3, -0.25) is 0 Å². The predicted octanol–water partition coefficient (Wildman–Crippen LogP) is 0.674. The fourth-order valence-corrected chi connectivity index (χ4v) is 0.715. The van der Waals surface area contributed by atoms with E-state index in [1.807, 2.05) is 0 Å². The van der Waals surface area contributed by atoms with Crippen molar-refractivity contribution >= 4 is 5.82 Å². The first kappa shape index (κ1) is 8.86. The molecule has 0 spiro atoms. The van der Waals surface area contributed by atoms with Crippen molar-refractivity contribution in [3.05, 3.63) is 18.3 Å². The van der Waals surface area contributed by atoms with E-state index in [1.165, 1.54) is 6.20 Å². The molecule has 0 amide bonds. The molecule has 5 heteroatoms. The molecule has 0 atom stereocenters. The molecule has 4 nitrogen and oxygen atoms in total. The highest BCUT2D eigenvalue weighted by Crippen LogP contribution is 1.99. The van der Waals surface area contributed by atoms with Crippen LogP contribution in [0.15, 0.2) is 12.3 Å². The molecule has 12 heavy (non-hydrogen) atoms. The van der Waals surface area contributed by atoms with Crippen LogP contribution in [0, 0.1) is 6.08 Å². The lowest BCUT2D eigenvalue weighted by Crippen LogP contribution is -2.09. The molecule has 0 saturated carbocycles. The molecule has 0 bridgehead atoms. The molecule has 0 radical (unpaired) electrons. The summed E-state index contributed by atoms with van der Waals surface area (Å²) in [6.07, 6.45) is 0.634. The number of rotatable bonds is 4. The number of anilines is 1. The fraction of sp³-hybridized carbons (Fsp3) is 0.429. The van der Waals surface area contributed by atoms with Crippen molar-refractivity contribution in [3.63, 3.8) is 0 Å². The highest BCUT2D eigenvalue weighted by molar-refractivity contribution is 5.31. The van der Waals surface area contributed by atoms with Gasteiger partial charge in [0.1, 0.15) is 5.82 Å². The largest absolute Gasteiger partial charge is 0.383 e. The zero-order valence-corrected chi connectivity index (χ0v) is 6.75. The molecule has 66 valence electrons. The van der Waals surface area contributed by atoms with Gasteiger partial charge in [-0.25, -0.2) is 4.98 Å². The van der Waals surface area contributed by atoms with Crippen LogP contribution in [-0.4, -0.2) is 30.2 Å². The summed E-state index contributed by atoms with van der Waals surface area (Å²) in [5, 5.41) is 2.87. The van der Waals surface area contributed by atoms with E-state index in [1.54, 1.807) is 13.2 Å². The molecule has 0 unspecified atom stereocenters. The maximum Gasteiger partial charge on any atom is 0.310 e. The van der Waals surface area contributed by atoms with Gasteiger partial charge in [-0.1, -0.05) is 0 Å². The van der Waals surface area contributed by atoms with Crippen LogP contribution in [0.3, 0.4) is 0 Å². The van der Waals surface area contributed by atoms with Crippen LogP contribution < -0.4 is 5.32 Å². The van der Waals surface area contributed by atoms with Crippen LogP contribution >= 0.6 is 0 Å². The van der Waals surface area contributed by atoms with Crippen molar-refractivity contribution in [2.24, 2.45) is 0 Å². The third kappa shape index (κ3) is 2.79. The maximum absolute atomic E-state index is 12.4. The minimum atomic E-state index is -0.725. The number of nitrogens with one attached hydrogen (secondary N) is 1. The Morgan fingerprint density at radius 3 is 3.17 bits per heavy atom. The van der Waals surface area contributed by atoms with Gasteiger partial charge >= 0.3 is 6.08 Å². The minimum Gasteiger partial charge on any atom is -0.383 e. The highest BCUT2D eigenvalue weighted by Gasteiger charge is 1.95. The van der Waals surface area contributed by atoms with Crippen LogP contribution in [0.2, 0.25) is 0 Å². The van der Waals surface area contributed by atoms with Crippen molar-refractivity contribution in [3.8, 4) is 0 Å². The number of methoxy groups -OCH3 is 1. The summed E-state index contributed by atoms with van der Waals surface area (Å²) in [4.78, 5) is 6.82. The fourth-order valence-electron chi connectivity index (χ4n) is 0.715. The third-order valence-electron chi connectivity index (χ3n) is 1.24. The molecule has 0 aromatic carbocycles. The van der Waals surface area contributed by atoms with Crippen molar-refractivity contribution in [1.82, 2.24) is 9.97 Å². The second kappa shape index (κ2) is 4.61. The molecule has 0 aliphatic carbocycles. The normalized spacial score (nSPS) is 9.83. The molecule has 0 aliphatic rings. The summed E-state index contributed by atoms with van der Waals surface area (Å²) >= 11 is 0. The zero-order valence-electron chi connectivity index (χ0n) is 6.75. The summed E-state index contributed by atoms with van der Waals surface area (Å²) in [5.41, 5.74) is 0. The molecule has 1 aromatic heterocycles. The molecule has 0 aliphatic heterocycles. The van der Waals surface area contributed by atoms with Crippen molar-refractivity contribution in [2.45, 2.75) is 0 Å². The molecule has 1 aromatic rings. The summed E-state index contributed by atoms with van der Waals surface area (Å²) in [6.45, 7) is 1.17. The second-order valence-corrected chi connectivity index (χ2v) is 2.13. The van der Waals surface area contributed by atoms with E-state index < -0.39 is 6.08 Å². The van der Waals surface area contributed by atoms with Gasteiger partial charge in [0.05, 0.1) is 6.61 Å². The van der Waals surface area contributed by atoms with Gasteiger partial charge in [-0.15, -0.1) is 0 Å². The lowest BCUT2D eigenvalue weighted by molar-refractivity contribution is 0.210. The Kier molecular flexibility index (Phi) is 3.40. The number of aromatic nitrogens is 2. The summed E-state index contributed by atoms with van der Waals surface area (Å²) in [7, 11) is 1.60. The van der Waals surface area contributed by atoms with Gasteiger partial charge in [0, 0.05) is 19.9 Å². The maximum atomic E-state index is 12.4. The first-order chi connectivity index (χ1) is 5.83. The number of nitrogens with zero attached hydrogens (tertiary/aromatic N) is 2. The molecule has 0 saturated heterocycles. The van der Waals surface area contributed by atoms with E-state index in [0.29, 0.717) is 19.0 Å². The van der Waals surface area contributed by atoms with Gasteiger partial charge in [0.25, 0.3) is 0 Å². The van der Waals surface area contributed by atoms with Gasteiger partial charge in [-0.05, 0) is 6.07 Å². The Labute approximate surface area is 69.8 Å². The smallest absolute Gasteiger partial charge is 0.310 e. The van der Waals surface area contributed by atoms with E-state index >= 15 is 0 Å². The van der Waals surface area contributed by atoms with E-state index in [-0.39, 0.29) is 0 Å². The highest BCUT2D eigenvalue weighted by atomic mass is 19.1. The zero-order chi connectivity index (χ0) is 8.81. The molecule has 1 rings (SSSR count). The Balaban J connectivity index is 2.41. The minimum absolute atomic E-state index is 0.472. The summed E-state index contributed by atoms with van der Waals surface area (Å²) < 4.78 is 17.2. The number of hydrogen-bond donors (Lipinski definition) is 1. The van der Waals surface area contributed by atoms with E-state index in [4.69, 9.17) is 4.74 Å². The van der Waals surface area contributed by atoms with E-state index in [0.717, 1.165) is 0 Å². The quantitative estimate of drug-likeness (QED) is 0.534. The predicted molar refractivity (Wildman–Crippen MR) is 42.4 cm³/mol. The number of ether oxygens (including phenoxy) is 1. The van der Waals surface area contributed by atoms with Gasteiger partial charge in [-0.2, -0.15) is 9.37 Å². The topological polar surface area (TPSA) is 47.0 Å². The molecular formula is C7H10FN3O. The van der Waals surface area contributed by atoms with Crippen LogP contribution in [0.1, 0.15) is 0 Å². The molecule has 1 heterocycles. The first-order valence-electron chi connectivity index (χ1n) is 3.54. The second-order valence-electron chi connectivity index (χ2n) is 2.13. The van der Waals surface area contributed by atoms with Crippen LogP contribution in [0.5, 0.6) is 0 Å². The van der Waals surface area contributed by atoms with E-state index in [2.05, 4.69) is 15.3 Å². The molecule has 0 fully saturated rings. The van der Waals surface area contributed by atoms with Gasteiger partial charge < -0.3 is 10.1 Å². The SMILES string of the molecule is COCCNc1ccnc(F)n1.